The lowest BCUT2D eigenvalue weighted by Gasteiger charge is -2.13. The Labute approximate surface area is 179 Å². The number of ether oxygens (including phenoxy) is 1. The SMILES string of the molecule is CCOc1ccccc1NC(=O)CC1C(=O)Nc2c(-c3cccc(Cl)c3)c(C)nn21. The number of carbonyl (C=O) groups excluding carboxylic acids is 2. The third kappa shape index (κ3) is 3.76. The molecule has 1 atom stereocenters. The first-order chi connectivity index (χ1) is 14.5. The molecule has 2 amide bonds. The van der Waals surface area contributed by atoms with Gasteiger partial charge in [-0.1, -0.05) is 35.9 Å². The molecule has 2 N–H and O–H groups in total. The lowest BCUT2D eigenvalue weighted by atomic mass is 10.1. The van der Waals surface area contributed by atoms with E-state index in [0.29, 0.717) is 28.9 Å². The van der Waals surface area contributed by atoms with Crippen molar-refractivity contribution in [3.05, 3.63) is 59.2 Å². The summed E-state index contributed by atoms with van der Waals surface area (Å²) in [6, 6.07) is 13.8. The van der Waals surface area contributed by atoms with Gasteiger partial charge >= 0.3 is 0 Å². The number of hydrogen-bond donors (Lipinski definition) is 2. The second-order valence-electron chi connectivity index (χ2n) is 6.95. The average Bonchev–Trinajstić information content (AvgIpc) is 3.17. The topological polar surface area (TPSA) is 85.2 Å². The molecule has 0 spiro atoms. The van der Waals surface area contributed by atoms with E-state index in [-0.39, 0.29) is 18.2 Å². The summed E-state index contributed by atoms with van der Waals surface area (Å²) in [5, 5.41) is 10.8. The van der Waals surface area contributed by atoms with E-state index in [1.54, 1.807) is 22.9 Å². The first-order valence-corrected chi connectivity index (χ1v) is 10.0. The molecule has 0 saturated heterocycles. The van der Waals surface area contributed by atoms with Crippen LogP contribution in [0.25, 0.3) is 11.1 Å². The minimum Gasteiger partial charge on any atom is -0.492 e. The number of amides is 2. The van der Waals surface area contributed by atoms with Crippen molar-refractivity contribution in [2.24, 2.45) is 0 Å². The van der Waals surface area contributed by atoms with E-state index in [1.807, 2.05) is 44.2 Å². The maximum atomic E-state index is 12.7. The Morgan fingerprint density at radius 1 is 1.27 bits per heavy atom. The van der Waals surface area contributed by atoms with Gasteiger partial charge in [0.2, 0.25) is 5.91 Å². The van der Waals surface area contributed by atoms with E-state index in [1.165, 1.54) is 0 Å². The molecule has 1 aliphatic heterocycles. The molecular formula is C22H21ClN4O3. The van der Waals surface area contributed by atoms with Gasteiger partial charge < -0.3 is 15.4 Å². The number of benzene rings is 2. The second kappa shape index (κ2) is 8.20. The summed E-state index contributed by atoms with van der Waals surface area (Å²) in [4.78, 5) is 25.3. The highest BCUT2D eigenvalue weighted by molar-refractivity contribution is 6.30. The van der Waals surface area contributed by atoms with Gasteiger partial charge in [0.05, 0.1) is 24.4 Å². The lowest BCUT2D eigenvalue weighted by Crippen LogP contribution is -2.24. The number of aryl methyl sites for hydroxylation is 1. The van der Waals surface area contributed by atoms with Crippen molar-refractivity contribution in [2.75, 3.05) is 17.2 Å². The maximum Gasteiger partial charge on any atom is 0.251 e. The molecule has 0 radical (unpaired) electrons. The molecule has 30 heavy (non-hydrogen) atoms. The van der Waals surface area contributed by atoms with Crippen molar-refractivity contribution in [1.82, 2.24) is 9.78 Å². The molecule has 2 heterocycles. The Morgan fingerprint density at radius 2 is 2.07 bits per heavy atom. The molecule has 7 nitrogen and oxygen atoms in total. The molecule has 0 aliphatic carbocycles. The van der Waals surface area contributed by atoms with E-state index >= 15 is 0 Å². The van der Waals surface area contributed by atoms with Crippen LogP contribution in [-0.4, -0.2) is 28.2 Å². The van der Waals surface area contributed by atoms with Crippen LogP contribution < -0.4 is 15.4 Å². The molecule has 2 aromatic carbocycles. The minimum atomic E-state index is -0.731. The van der Waals surface area contributed by atoms with E-state index in [4.69, 9.17) is 16.3 Å². The summed E-state index contributed by atoms with van der Waals surface area (Å²) in [6.07, 6.45) is -0.0462. The maximum absolute atomic E-state index is 12.7. The first kappa shape index (κ1) is 20.0. The summed E-state index contributed by atoms with van der Waals surface area (Å²) in [5.41, 5.74) is 2.98. The van der Waals surface area contributed by atoms with Gasteiger partial charge in [0.1, 0.15) is 17.6 Å². The predicted molar refractivity (Wildman–Crippen MR) is 116 cm³/mol. The molecule has 1 unspecified atom stereocenters. The number of carbonyl (C=O) groups is 2. The van der Waals surface area contributed by atoms with E-state index < -0.39 is 6.04 Å². The molecule has 0 saturated carbocycles. The van der Waals surface area contributed by atoms with Crippen molar-refractivity contribution >= 4 is 34.9 Å². The van der Waals surface area contributed by atoms with Gasteiger partial charge in [-0.05, 0) is 43.7 Å². The largest absolute Gasteiger partial charge is 0.492 e. The summed E-state index contributed by atoms with van der Waals surface area (Å²) >= 11 is 6.13. The fourth-order valence-electron chi connectivity index (χ4n) is 3.60. The zero-order chi connectivity index (χ0) is 21.3. The summed E-state index contributed by atoms with van der Waals surface area (Å²) in [5.74, 6) is 0.594. The number of fused-ring (bicyclic) bond motifs is 1. The molecule has 3 aromatic rings. The smallest absolute Gasteiger partial charge is 0.251 e. The number of nitrogens with zero attached hydrogens (tertiary/aromatic N) is 2. The zero-order valence-corrected chi connectivity index (χ0v) is 17.4. The van der Waals surface area contributed by atoms with Crippen LogP contribution in [-0.2, 0) is 9.59 Å². The third-order valence-electron chi connectivity index (χ3n) is 4.88. The van der Waals surface area contributed by atoms with Gasteiger partial charge in [-0.2, -0.15) is 5.10 Å². The van der Waals surface area contributed by atoms with Crippen molar-refractivity contribution in [3.8, 4) is 16.9 Å². The van der Waals surface area contributed by atoms with Gasteiger partial charge in [0.15, 0.2) is 0 Å². The minimum absolute atomic E-state index is 0.0462. The number of para-hydroxylation sites is 2. The lowest BCUT2D eigenvalue weighted by molar-refractivity contribution is -0.123. The van der Waals surface area contributed by atoms with Crippen LogP contribution in [0.15, 0.2) is 48.5 Å². The zero-order valence-electron chi connectivity index (χ0n) is 16.6. The van der Waals surface area contributed by atoms with Crippen molar-refractivity contribution in [2.45, 2.75) is 26.3 Å². The average molecular weight is 425 g/mol. The quantitative estimate of drug-likeness (QED) is 0.612. The van der Waals surface area contributed by atoms with Crippen LogP contribution in [0.3, 0.4) is 0 Å². The van der Waals surface area contributed by atoms with Gasteiger partial charge in [-0.25, -0.2) is 4.68 Å². The van der Waals surface area contributed by atoms with Crippen LogP contribution >= 0.6 is 11.6 Å². The highest BCUT2D eigenvalue weighted by Gasteiger charge is 2.36. The third-order valence-corrected chi connectivity index (χ3v) is 5.11. The Balaban J connectivity index is 1.57. The molecular weight excluding hydrogens is 404 g/mol. The number of hydrogen-bond acceptors (Lipinski definition) is 4. The fourth-order valence-corrected chi connectivity index (χ4v) is 3.79. The van der Waals surface area contributed by atoms with E-state index in [0.717, 1.165) is 16.8 Å². The molecule has 1 aromatic heterocycles. The summed E-state index contributed by atoms with van der Waals surface area (Å²) < 4.78 is 7.13. The molecule has 0 bridgehead atoms. The summed E-state index contributed by atoms with van der Waals surface area (Å²) in [7, 11) is 0. The van der Waals surface area contributed by atoms with Crippen LogP contribution in [0.4, 0.5) is 11.5 Å². The normalized spacial score (nSPS) is 14.9. The van der Waals surface area contributed by atoms with Gasteiger partial charge in [-0.3, -0.25) is 9.59 Å². The Kier molecular flexibility index (Phi) is 5.46. The summed E-state index contributed by atoms with van der Waals surface area (Å²) in [6.45, 7) is 4.23. The van der Waals surface area contributed by atoms with Crippen molar-refractivity contribution < 1.29 is 14.3 Å². The van der Waals surface area contributed by atoms with Crippen LogP contribution in [0.1, 0.15) is 25.1 Å². The number of aromatic nitrogens is 2. The van der Waals surface area contributed by atoms with Gasteiger partial charge in [0.25, 0.3) is 5.91 Å². The number of rotatable bonds is 6. The predicted octanol–water partition coefficient (Wildman–Crippen LogP) is 4.43. The fraction of sp³-hybridized carbons (Fsp3) is 0.227. The van der Waals surface area contributed by atoms with E-state index in [2.05, 4.69) is 15.7 Å². The Bertz CT molecular complexity index is 1130. The molecule has 0 fully saturated rings. The highest BCUT2D eigenvalue weighted by atomic mass is 35.5. The van der Waals surface area contributed by atoms with Crippen molar-refractivity contribution in [1.29, 1.82) is 0 Å². The first-order valence-electron chi connectivity index (χ1n) is 9.65. The highest BCUT2D eigenvalue weighted by Crippen LogP contribution is 2.39. The van der Waals surface area contributed by atoms with Crippen LogP contribution in [0.5, 0.6) is 5.75 Å². The van der Waals surface area contributed by atoms with E-state index in [9.17, 15) is 9.59 Å². The Morgan fingerprint density at radius 3 is 2.83 bits per heavy atom. The van der Waals surface area contributed by atoms with Crippen LogP contribution in [0, 0.1) is 6.92 Å². The number of halogens is 1. The van der Waals surface area contributed by atoms with Gasteiger partial charge in [0, 0.05) is 10.6 Å². The standard InChI is InChI=1S/C22H21ClN4O3/c1-3-30-18-10-5-4-9-16(18)24-19(28)12-17-22(29)25-21-20(13(2)26-27(17)21)14-7-6-8-15(23)11-14/h4-11,17H,3,12H2,1-2H3,(H,24,28)(H,25,29). The Hall–Kier alpha value is -3.32. The number of nitrogens with one attached hydrogen (secondary N) is 2. The second-order valence-corrected chi connectivity index (χ2v) is 7.39. The molecule has 154 valence electrons. The monoisotopic (exact) mass is 424 g/mol. The van der Waals surface area contributed by atoms with Crippen molar-refractivity contribution in [3.63, 3.8) is 0 Å². The molecule has 4 rings (SSSR count). The van der Waals surface area contributed by atoms with Crippen LogP contribution in [0.2, 0.25) is 5.02 Å². The molecule has 1 aliphatic rings. The molecule has 8 heteroatoms. The number of anilines is 2. The van der Waals surface area contributed by atoms with Gasteiger partial charge in [-0.15, -0.1) is 0 Å².